The van der Waals surface area contributed by atoms with Crippen LogP contribution in [0.5, 0.6) is 5.88 Å². The summed E-state index contributed by atoms with van der Waals surface area (Å²) in [5, 5.41) is 0. The van der Waals surface area contributed by atoms with Crippen molar-refractivity contribution in [3.8, 4) is 5.88 Å². The highest BCUT2D eigenvalue weighted by Crippen LogP contribution is 2.40. The van der Waals surface area contributed by atoms with Crippen molar-refractivity contribution >= 4 is 11.2 Å². The van der Waals surface area contributed by atoms with E-state index in [1.165, 1.54) is 9.13 Å². The van der Waals surface area contributed by atoms with Crippen LogP contribution in [0.25, 0.3) is 11.2 Å². The Morgan fingerprint density at radius 3 is 2.53 bits per heavy atom. The molecule has 1 saturated carbocycles. The van der Waals surface area contributed by atoms with Crippen molar-refractivity contribution in [2.75, 3.05) is 13.7 Å². The molecule has 1 aliphatic heterocycles. The van der Waals surface area contributed by atoms with E-state index in [2.05, 4.69) is 15.0 Å². The first-order valence-electron chi connectivity index (χ1n) is 12.2. The van der Waals surface area contributed by atoms with Gasteiger partial charge >= 0.3 is 0 Å². The Morgan fingerprint density at radius 2 is 1.86 bits per heavy atom. The maximum atomic E-state index is 13.9. The Morgan fingerprint density at radius 1 is 1.11 bits per heavy atom. The van der Waals surface area contributed by atoms with Crippen LogP contribution in [0.3, 0.4) is 0 Å². The van der Waals surface area contributed by atoms with E-state index < -0.39 is 12.0 Å². The van der Waals surface area contributed by atoms with Gasteiger partial charge in [0, 0.05) is 50.7 Å². The van der Waals surface area contributed by atoms with Gasteiger partial charge in [-0.3, -0.25) is 18.7 Å². The van der Waals surface area contributed by atoms with Gasteiger partial charge in [0.25, 0.3) is 11.1 Å². The van der Waals surface area contributed by atoms with Gasteiger partial charge in [-0.25, -0.2) is 23.7 Å². The van der Waals surface area contributed by atoms with Crippen molar-refractivity contribution in [2.24, 2.45) is 7.05 Å². The number of nitrogens with zero attached hydrogens (tertiary/aromatic N) is 5. The first kappa shape index (κ1) is 24.5. The van der Waals surface area contributed by atoms with E-state index in [0.29, 0.717) is 31.2 Å². The molecular formula is C25H29F2N5O4. The monoisotopic (exact) mass is 501 g/mol. The SMILES string of the molecule is COc1ccc(C2CC(c3nc4c(=O)n(C)c(C)nc4n(C4CCC(F)(F)CC4)c3=O)CCO2)cn1. The van der Waals surface area contributed by atoms with E-state index in [1.807, 2.05) is 6.07 Å². The van der Waals surface area contributed by atoms with Gasteiger partial charge in [-0.15, -0.1) is 0 Å². The molecule has 2 fully saturated rings. The zero-order valence-corrected chi connectivity index (χ0v) is 20.5. The van der Waals surface area contributed by atoms with Crippen molar-refractivity contribution < 1.29 is 18.3 Å². The lowest BCUT2D eigenvalue weighted by Gasteiger charge is -2.32. The topological polar surface area (TPSA) is 101 Å². The molecule has 9 nitrogen and oxygen atoms in total. The van der Waals surface area contributed by atoms with E-state index in [1.54, 1.807) is 33.3 Å². The summed E-state index contributed by atoms with van der Waals surface area (Å²) < 4.78 is 41.8. The van der Waals surface area contributed by atoms with Crippen LogP contribution in [0.4, 0.5) is 8.78 Å². The predicted octanol–water partition coefficient (Wildman–Crippen LogP) is 3.59. The fraction of sp³-hybridized carbons (Fsp3) is 0.560. The van der Waals surface area contributed by atoms with Crippen LogP contribution in [-0.4, -0.2) is 43.7 Å². The van der Waals surface area contributed by atoms with Gasteiger partial charge in [-0.1, -0.05) is 0 Å². The van der Waals surface area contributed by atoms with Crippen LogP contribution in [-0.2, 0) is 11.8 Å². The zero-order valence-electron chi connectivity index (χ0n) is 20.5. The highest BCUT2D eigenvalue weighted by atomic mass is 19.3. The van der Waals surface area contributed by atoms with E-state index >= 15 is 0 Å². The Hall–Kier alpha value is -3.21. The second-order valence-corrected chi connectivity index (χ2v) is 9.67. The smallest absolute Gasteiger partial charge is 0.281 e. The van der Waals surface area contributed by atoms with Gasteiger partial charge in [0.1, 0.15) is 11.5 Å². The molecule has 3 aromatic heterocycles. The molecule has 1 aliphatic carbocycles. The van der Waals surface area contributed by atoms with E-state index in [4.69, 9.17) is 9.47 Å². The molecule has 0 aromatic carbocycles. The Bertz CT molecular complexity index is 1390. The van der Waals surface area contributed by atoms with Crippen LogP contribution in [0.1, 0.15) is 73.7 Å². The molecule has 0 spiro atoms. The van der Waals surface area contributed by atoms with Gasteiger partial charge in [-0.05, 0) is 44.2 Å². The molecule has 1 saturated heterocycles. The number of hydrogen-bond donors (Lipinski definition) is 0. The predicted molar refractivity (Wildman–Crippen MR) is 128 cm³/mol. The lowest BCUT2D eigenvalue weighted by atomic mass is 9.89. The third-order valence-electron chi connectivity index (χ3n) is 7.43. The van der Waals surface area contributed by atoms with Gasteiger partial charge in [-0.2, -0.15) is 0 Å². The van der Waals surface area contributed by atoms with Crippen molar-refractivity contribution in [2.45, 2.75) is 69.4 Å². The summed E-state index contributed by atoms with van der Waals surface area (Å²) in [5.74, 6) is -2.10. The number of hydrogen-bond acceptors (Lipinski definition) is 7. The number of methoxy groups -OCH3 is 1. The van der Waals surface area contributed by atoms with Crippen LogP contribution in [0.2, 0.25) is 0 Å². The molecule has 0 amide bonds. The number of fused-ring (bicyclic) bond motifs is 1. The van der Waals surface area contributed by atoms with E-state index in [9.17, 15) is 18.4 Å². The standard InChI is InChI=1S/C25H29F2N5O4/c1-14-29-22-21(23(33)31(14)2)30-20(24(34)32(22)17-6-9-25(26,27)10-7-17)15-8-11-36-18(12-15)16-4-5-19(35-3)28-13-16/h4-5,13,15,17-18H,6-12H2,1-3H3. The summed E-state index contributed by atoms with van der Waals surface area (Å²) in [7, 11) is 3.14. The average Bonchev–Trinajstić information content (AvgIpc) is 2.88. The minimum Gasteiger partial charge on any atom is -0.481 e. The fourth-order valence-electron chi connectivity index (χ4n) is 5.20. The summed E-state index contributed by atoms with van der Waals surface area (Å²) in [4.78, 5) is 40.4. The first-order valence-corrected chi connectivity index (χ1v) is 12.2. The van der Waals surface area contributed by atoms with E-state index in [0.717, 1.165) is 5.56 Å². The third-order valence-corrected chi connectivity index (χ3v) is 7.43. The van der Waals surface area contributed by atoms with Crippen molar-refractivity contribution in [1.29, 1.82) is 0 Å². The lowest BCUT2D eigenvalue weighted by molar-refractivity contribution is -0.0440. The largest absolute Gasteiger partial charge is 0.481 e. The maximum absolute atomic E-state index is 13.9. The molecule has 11 heteroatoms. The third kappa shape index (κ3) is 4.40. The Balaban J connectivity index is 1.59. The molecule has 3 aromatic rings. The Labute approximate surface area is 206 Å². The summed E-state index contributed by atoms with van der Waals surface area (Å²) in [6.45, 7) is 2.07. The Kier molecular flexibility index (Phi) is 6.36. The molecule has 0 bridgehead atoms. The number of pyridine rings is 1. The molecule has 192 valence electrons. The zero-order chi connectivity index (χ0) is 25.6. The highest BCUT2D eigenvalue weighted by molar-refractivity contribution is 5.69. The summed E-state index contributed by atoms with van der Waals surface area (Å²) in [5.41, 5.74) is 0.640. The van der Waals surface area contributed by atoms with Gasteiger partial charge in [0.15, 0.2) is 11.2 Å². The molecule has 0 N–H and O–H groups in total. The number of rotatable bonds is 4. The van der Waals surface area contributed by atoms with Crippen molar-refractivity contribution in [3.05, 3.63) is 56.1 Å². The second kappa shape index (κ2) is 9.34. The van der Waals surface area contributed by atoms with E-state index in [-0.39, 0.29) is 65.7 Å². The average molecular weight is 502 g/mol. The quantitative estimate of drug-likeness (QED) is 0.539. The minimum absolute atomic E-state index is 0.0872. The number of aryl methyl sites for hydroxylation is 1. The van der Waals surface area contributed by atoms with Gasteiger partial charge in [0.05, 0.1) is 13.2 Å². The fourth-order valence-corrected chi connectivity index (χ4v) is 5.20. The molecule has 4 heterocycles. The molecule has 5 rings (SSSR count). The summed E-state index contributed by atoms with van der Waals surface area (Å²) in [6.07, 6.45) is 2.06. The molecule has 36 heavy (non-hydrogen) atoms. The normalized spacial score (nSPS) is 22.6. The molecule has 0 radical (unpaired) electrons. The van der Waals surface area contributed by atoms with Crippen molar-refractivity contribution in [3.63, 3.8) is 0 Å². The number of ether oxygens (including phenoxy) is 2. The van der Waals surface area contributed by atoms with Crippen LogP contribution in [0, 0.1) is 6.92 Å². The number of aromatic nitrogens is 5. The lowest BCUT2D eigenvalue weighted by Crippen LogP contribution is -2.38. The summed E-state index contributed by atoms with van der Waals surface area (Å²) in [6, 6.07) is 3.15. The summed E-state index contributed by atoms with van der Waals surface area (Å²) >= 11 is 0. The van der Waals surface area contributed by atoms with Crippen molar-refractivity contribution in [1.82, 2.24) is 24.1 Å². The second-order valence-electron chi connectivity index (χ2n) is 9.67. The number of alkyl halides is 2. The van der Waals surface area contributed by atoms with Crippen LogP contribution in [0.15, 0.2) is 27.9 Å². The molecule has 2 atom stereocenters. The van der Waals surface area contributed by atoms with Gasteiger partial charge < -0.3 is 9.47 Å². The van der Waals surface area contributed by atoms with Crippen LogP contribution >= 0.6 is 0 Å². The molecular weight excluding hydrogens is 472 g/mol. The highest BCUT2D eigenvalue weighted by Gasteiger charge is 2.38. The minimum atomic E-state index is -2.74. The first-order chi connectivity index (χ1) is 17.2. The van der Waals surface area contributed by atoms with Gasteiger partial charge in [0.2, 0.25) is 11.8 Å². The number of halogens is 2. The molecule has 2 unspecified atom stereocenters. The molecule has 2 aliphatic rings. The van der Waals surface area contributed by atoms with Crippen LogP contribution < -0.4 is 15.9 Å². The maximum Gasteiger partial charge on any atom is 0.281 e.